The number of aromatic nitrogens is 2. The number of oxazole rings is 2. The fourth-order valence-corrected chi connectivity index (χ4v) is 7.27. The molecule has 2 unspecified atom stereocenters. The molecule has 2 saturated heterocycles. The van der Waals surface area contributed by atoms with Crippen LogP contribution < -0.4 is 0 Å². The molecule has 4 bridgehead atoms. The number of hydrogen-bond donors (Lipinski definition) is 2. The summed E-state index contributed by atoms with van der Waals surface area (Å²) in [7, 11) is 1.51. The maximum Gasteiger partial charge on any atom is 0.360 e. The number of aliphatic carboxylic acids is 2. The van der Waals surface area contributed by atoms with E-state index in [1.54, 1.807) is 108 Å². The van der Waals surface area contributed by atoms with E-state index in [0.717, 1.165) is 0 Å². The molecule has 5 heterocycles. The van der Waals surface area contributed by atoms with Gasteiger partial charge >= 0.3 is 35.8 Å². The van der Waals surface area contributed by atoms with Crippen LogP contribution in [-0.4, -0.2) is 118 Å². The van der Waals surface area contributed by atoms with Gasteiger partial charge in [0, 0.05) is 36.9 Å². The van der Waals surface area contributed by atoms with E-state index in [1.807, 2.05) is 18.2 Å². The Bertz CT molecular complexity index is 2360. The average molecular weight is 975 g/mol. The van der Waals surface area contributed by atoms with Crippen LogP contribution in [0, 0.1) is 10.8 Å². The van der Waals surface area contributed by atoms with Gasteiger partial charge in [-0.1, -0.05) is 94.5 Å². The van der Waals surface area contributed by atoms with Gasteiger partial charge in [-0.05, 0) is 26.0 Å². The molecule has 70 heavy (non-hydrogen) atoms. The number of allylic oxidation sites excluding steroid dienone is 4. The number of carboxylic acids is 2. The van der Waals surface area contributed by atoms with Crippen molar-refractivity contribution < 1.29 is 81.0 Å². The number of rotatable bonds is 15. The highest BCUT2D eigenvalue weighted by Gasteiger charge is 2.43. The molecule has 0 spiro atoms. The van der Waals surface area contributed by atoms with Gasteiger partial charge in [-0.3, -0.25) is 19.2 Å². The van der Waals surface area contributed by atoms with E-state index in [0.29, 0.717) is 0 Å². The van der Waals surface area contributed by atoms with Crippen molar-refractivity contribution in [2.75, 3.05) is 7.11 Å². The lowest BCUT2D eigenvalue weighted by Gasteiger charge is -2.38. The molecule has 5 rings (SSSR count). The lowest BCUT2D eigenvalue weighted by Crippen LogP contribution is -2.44. The molecule has 2 N–H and O–H groups in total. The molecule has 0 aliphatic carbocycles. The maximum absolute atomic E-state index is 13.7. The van der Waals surface area contributed by atoms with Crippen LogP contribution in [0.15, 0.2) is 100 Å². The van der Waals surface area contributed by atoms with Crippen LogP contribution in [-0.2, 0) is 58.8 Å². The number of carbonyl (C=O) groups excluding carboxylic acids is 4. The van der Waals surface area contributed by atoms with Crippen molar-refractivity contribution in [1.82, 2.24) is 9.97 Å². The Balaban J connectivity index is 1.39. The number of cyclic esters (lactones) is 2. The quantitative estimate of drug-likeness (QED) is 0.0767. The number of carboxylic acid groups (broad SMARTS) is 2. The lowest BCUT2D eigenvalue weighted by atomic mass is 9.78. The van der Waals surface area contributed by atoms with Crippen LogP contribution in [0.2, 0.25) is 0 Å². The molecular formula is C51H62N2O17. The van der Waals surface area contributed by atoms with E-state index >= 15 is 0 Å². The number of ether oxygens (including phenoxy) is 7. The van der Waals surface area contributed by atoms with Crippen LogP contribution in [0.1, 0.15) is 113 Å². The molecule has 9 atom stereocenters. The zero-order chi connectivity index (χ0) is 51.0. The number of methoxy groups -OCH3 is 1. The standard InChI is InChI=1S/C51H62N2O17/c1-8-14-38(67-46(58)26-24-44(54)55)50(3,4)40-20-13-18-36-37(66-36)23-22-31(62-7)28-43-53-33(30-64-43)49(61)70-41(51(5,6)39(15-9-2)68-47(59)27-25-45(56)57)19-12-17-35-34(65-35)16-10-11-21-42-52-32(29-63-42)48(60)69-40/h8-18,21-23,29-31,34-41H,19-20,24-28H2,1-7H3,(H,54,55)(H,56,57)/b14-8+,15-9+,16-10+,17-12-,18-13-,21-11-,23-22+/t31-,34-,35+,36?,37?,38-,39-,40-,41-/m0/s1. The van der Waals surface area contributed by atoms with E-state index in [9.17, 15) is 28.8 Å². The topological polar surface area (TPSA) is 266 Å². The number of nitrogens with zero attached hydrogens (tertiary/aromatic N) is 2. The Labute approximate surface area is 405 Å². The largest absolute Gasteiger partial charge is 0.481 e. The minimum absolute atomic E-state index is 0.0969. The Kier molecular flexibility index (Phi) is 19.6. The zero-order valence-electron chi connectivity index (χ0n) is 40.3. The molecule has 3 aliphatic rings. The third-order valence-electron chi connectivity index (χ3n) is 11.8. The van der Waals surface area contributed by atoms with Crippen molar-refractivity contribution >= 4 is 41.9 Å². The van der Waals surface area contributed by atoms with Gasteiger partial charge in [0.1, 0.15) is 61.4 Å². The Morgan fingerprint density at radius 1 is 0.686 bits per heavy atom. The molecule has 2 fully saturated rings. The van der Waals surface area contributed by atoms with Gasteiger partial charge < -0.3 is 52.2 Å². The van der Waals surface area contributed by atoms with Crippen molar-refractivity contribution in [2.24, 2.45) is 10.8 Å². The highest BCUT2D eigenvalue weighted by Crippen LogP contribution is 2.37. The molecule has 0 amide bonds. The van der Waals surface area contributed by atoms with Gasteiger partial charge in [-0.2, -0.15) is 0 Å². The van der Waals surface area contributed by atoms with Crippen molar-refractivity contribution in [1.29, 1.82) is 0 Å². The molecular weight excluding hydrogens is 913 g/mol. The first-order chi connectivity index (χ1) is 33.3. The maximum atomic E-state index is 13.7. The molecule has 19 nitrogen and oxygen atoms in total. The number of carbonyl (C=O) groups is 6. The minimum atomic E-state index is -1.14. The number of fused-ring (bicyclic) bond motifs is 6. The van der Waals surface area contributed by atoms with Crippen LogP contribution in [0.25, 0.3) is 6.08 Å². The summed E-state index contributed by atoms with van der Waals surface area (Å²) in [5.41, 5.74) is -2.28. The van der Waals surface area contributed by atoms with Crippen molar-refractivity contribution in [3.63, 3.8) is 0 Å². The van der Waals surface area contributed by atoms with Gasteiger partial charge in [0.15, 0.2) is 17.3 Å². The molecule has 19 heteroatoms. The van der Waals surface area contributed by atoms with Gasteiger partial charge in [0.25, 0.3) is 0 Å². The SMILES string of the molecule is C/C=C/[C@H](OC(=O)CCC(=O)O)C(C)(C)[C@@H]1C/C=C\C2OC2/C=C/[C@H](OC)Cc2nc(co2)C(=O)O[C@H](C(C)(C)[C@H](/C=C/C)OC(=O)CCC(=O)O)C/C=C\[C@H]2O[C@H]2/C=C/C=C\c2nc(co2)C(=O)O1. The van der Waals surface area contributed by atoms with Crippen molar-refractivity contribution in [3.8, 4) is 0 Å². The van der Waals surface area contributed by atoms with Gasteiger partial charge in [-0.25, -0.2) is 19.6 Å². The monoisotopic (exact) mass is 974 g/mol. The highest BCUT2D eigenvalue weighted by atomic mass is 16.6. The van der Waals surface area contributed by atoms with Gasteiger partial charge in [-0.15, -0.1) is 0 Å². The summed E-state index contributed by atoms with van der Waals surface area (Å²) in [5, 5.41) is 18.2. The number of epoxide rings is 2. The summed E-state index contributed by atoms with van der Waals surface area (Å²) in [6, 6.07) is 0. The summed E-state index contributed by atoms with van der Waals surface area (Å²) in [6.45, 7) is 10.6. The second kappa shape index (κ2) is 25.2. The number of hydrogen-bond acceptors (Lipinski definition) is 17. The van der Waals surface area contributed by atoms with E-state index in [1.165, 1.54) is 19.6 Å². The first-order valence-corrected chi connectivity index (χ1v) is 22.9. The predicted molar refractivity (Wildman–Crippen MR) is 249 cm³/mol. The molecule has 0 aromatic carbocycles. The van der Waals surface area contributed by atoms with Crippen LogP contribution in [0.5, 0.6) is 0 Å². The number of esters is 4. The molecule has 0 radical (unpaired) electrons. The molecule has 0 saturated carbocycles. The highest BCUT2D eigenvalue weighted by molar-refractivity contribution is 5.87. The van der Waals surface area contributed by atoms with Gasteiger partial charge in [0.2, 0.25) is 5.89 Å². The molecule has 378 valence electrons. The zero-order valence-corrected chi connectivity index (χ0v) is 40.3. The second-order valence-electron chi connectivity index (χ2n) is 17.9. The molecule has 3 aliphatic heterocycles. The van der Waals surface area contributed by atoms with Crippen LogP contribution in [0.4, 0.5) is 0 Å². The first-order valence-electron chi connectivity index (χ1n) is 22.9. The van der Waals surface area contributed by atoms with E-state index in [4.69, 9.17) is 52.2 Å². The van der Waals surface area contributed by atoms with Crippen LogP contribution >= 0.6 is 0 Å². The first kappa shape index (κ1) is 54.2. The predicted octanol–water partition coefficient (Wildman–Crippen LogP) is 7.30. The third kappa shape index (κ3) is 16.2. The van der Waals surface area contributed by atoms with E-state index < -0.39 is 90.0 Å². The smallest absolute Gasteiger partial charge is 0.360 e. The van der Waals surface area contributed by atoms with E-state index in [-0.39, 0.29) is 79.7 Å². The minimum Gasteiger partial charge on any atom is -0.481 e. The average Bonchev–Trinajstić information content (AvgIpc) is 4.11. The third-order valence-corrected chi connectivity index (χ3v) is 11.8. The molecule has 2 aromatic heterocycles. The summed E-state index contributed by atoms with van der Waals surface area (Å²) >= 11 is 0. The Morgan fingerprint density at radius 2 is 1.17 bits per heavy atom. The van der Waals surface area contributed by atoms with Crippen molar-refractivity contribution in [3.05, 3.63) is 115 Å². The van der Waals surface area contributed by atoms with Crippen LogP contribution in [0.3, 0.4) is 0 Å². The molecule has 2 aromatic rings. The summed E-state index contributed by atoms with van der Waals surface area (Å²) in [5.74, 6) is -4.99. The van der Waals surface area contributed by atoms with E-state index in [2.05, 4.69) is 9.97 Å². The summed E-state index contributed by atoms with van der Waals surface area (Å²) < 4.78 is 52.2. The second-order valence-corrected chi connectivity index (χ2v) is 17.9. The lowest BCUT2D eigenvalue weighted by molar-refractivity contribution is -0.158. The van der Waals surface area contributed by atoms with Crippen molar-refractivity contribution in [2.45, 2.75) is 141 Å². The fourth-order valence-electron chi connectivity index (χ4n) is 7.27. The summed E-state index contributed by atoms with van der Waals surface area (Å²) in [6.07, 6.45) is 20.2. The van der Waals surface area contributed by atoms with Gasteiger partial charge in [0.05, 0.1) is 38.2 Å². The normalized spacial score (nSPS) is 26.8. The summed E-state index contributed by atoms with van der Waals surface area (Å²) in [4.78, 5) is 83.8. The fraction of sp³-hybridized carbons (Fsp3) is 0.490. The Hall–Kier alpha value is -6.70. The Morgan fingerprint density at radius 3 is 1.67 bits per heavy atom.